The van der Waals surface area contributed by atoms with Gasteiger partial charge < -0.3 is 19.5 Å². The average Bonchev–Trinajstić information content (AvgIpc) is 3.23. The van der Waals surface area contributed by atoms with Gasteiger partial charge in [0, 0.05) is 37.4 Å². The zero-order valence-electron chi connectivity index (χ0n) is 17.8. The van der Waals surface area contributed by atoms with Gasteiger partial charge >= 0.3 is 0 Å². The van der Waals surface area contributed by atoms with Crippen molar-refractivity contribution < 1.29 is 4.74 Å². The highest BCUT2D eigenvalue weighted by Crippen LogP contribution is 2.41. The zero-order chi connectivity index (χ0) is 21.3. The molecule has 0 spiro atoms. The fourth-order valence-corrected chi connectivity index (χ4v) is 4.63. The molecule has 2 atom stereocenters. The molecule has 3 aromatic rings. The number of methoxy groups -OCH3 is 1. The van der Waals surface area contributed by atoms with Gasteiger partial charge in [-0.3, -0.25) is 4.98 Å². The number of hydrogen-bond acceptors (Lipinski definition) is 4. The van der Waals surface area contributed by atoms with Gasteiger partial charge in [-0.05, 0) is 68.4 Å². The third-order valence-electron chi connectivity index (χ3n) is 5.72. The Kier molecular flexibility index (Phi) is 5.83. The SMILES string of the molecule is COCCN1C(=S)NC(c2ccccn2)C1c1cc(C)n(-c2ncccc2C)c1C. The summed E-state index contributed by atoms with van der Waals surface area (Å²) >= 11 is 5.72. The number of thiocarbonyl (C=S) groups is 1. The first-order valence-electron chi connectivity index (χ1n) is 10.1. The van der Waals surface area contributed by atoms with Crippen LogP contribution in [-0.4, -0.2) is 44.8 Å². The van der Waals surface area contributed by atoms with Gasteiger partial charge in [0.1, 0.15) is 5.82 Å². The van der Waals surface area contributed by atoms with Gasteiger partial charge in [0.15, 0.2) is 5.11 Å². The lowest BCUT2D eigenvalue weighted by Crippen LogP contribution is -2.32. The van der Waals surface area contributed by atoms with Crippen LogP contribution in [0.4, 0.5) is 0 Å². The van der Waals surface area contributed by atoms with Crippen molar-refractivity contribution in [3.05, 3.63) is 77.0 Å². The highest BCUT2D eigenvalue weighted by molar-refractivity contribution is 7.80. The van der Waals surface area contributed by atoms with E-state index in [1.54, 1.807) is 7.11 Å². The van der Waals surface area contributed by atoms with Crippen LogP contribution in [0, 0.1) is 20.8 Å². The minimum absolute atomic E-state index is 0.0199. The Bertz CT molecular complexity index is 1050. The van der Waals surface area contributed by atoms with E-state index in [1.807, 2.05) is 30.6 Å². The van der Waals surface area contributed by atoms with E-state index in [0.29, 0.717) is 13.2 Å². The molecule has 1 aliphatic heterocycles. The molecule has 2 unspecified atom stereocenters. The molecule has 30 heavy (non-hydrogen) atoms. The highest BCUT2D eigenvalue weighted by Gasteiger charge is 2.41. The van der Waals surface area contributed by atoms with E-state index < -0.39 is 0 Å². The van der Waals surface area contributed by atoms with E-state index in [2.05, 4.69) is 63.7 Å². The average molecular weight is 422 g/mol. The summed E-state index contributed by atoms with van der Waals surface area (Å²) in [5.74, 6) is 0.963. The predicted octanol–water partition coefficient (Wildman–Crippen LogP) is 3.81. The molecule has 7 heteroatoms. The first kappa shape index (κ1) is 20.5. The lowest BCUT2D eigenvalue weighted by Gasteiger charge is -2.28. The molecule has 156 valence electrons. The summed E-state index contributed by atoms with van der Waals surface area (Å²) in [6.07, 6.45) is 3.67. The van der Waals surface area contributed by atoms with Crippen molar-refractivity contribution in [2.24, 2.45) is 0 Å². The summed E-state index contributed by atoms with van der Waals surface area (Å²) in [5.41, 5.74) is 5.64. The molecule has 3 aromatic heterocycles. The molecule has 4 rings (SSSR count). The zero-order valence-corrected chi connectivity index (χ0v) is 18.6. The molecule has 0 aromatic carbocycles. The first-order chi connectivity index (χ1) is 14.5. The Labute approximate surface area is 182 Å². The number of nitrogens with one attached hydrogen (secondary N) is 1. The van der Waals surface area contributed by atoms with Crippen molar-refractivity contribution in [1.82, 2.24) is 24.8 Å². The summed E-state index contributed by atoms with van der Waals surface area (Å²) < 4.78 is 7.59. The van der Waals surface area contributed by atoms with Crippen LogP contribution in [0.5, 0.6) is 0 Å². The van der Waals surface area contributed by atoms with Crippen LogP contribution in [-0.2, 0) is 4.74 Å². The second-order valence-electron chi connectivity index (χ2n) is 7.62. The third-order valence-corrected chi connectivity index (χ3v) is 6.07. The van der Waals surface area contributed by atoms with Crippen molar-refractivity contribution in [1.29, 1.82) is 0 Å². The number of pyridine rings is 2. The summed E-state index contributed by atoms with van der Waals surface area (Å²) in [5, 5.41) is 4.23. The number of nitrogens with zero attached hydrogens (tertiary/aromatic N) is 4. The topological polar surface area (TPSA) is 55.2 Å². The van der Waals surface area contributed by atoms with E-state index in [4.69, 9.17) is 17.0 Å². The van der Waals surface area contributed by atoms with Crippen LogP contribution in [0.15, 0.2) is 48.8 Å². The quantitative estimate of drug-likeness (QED) is 0.611. The van der Waals surface area contributed by atoms with Crippen LogP contribution in [0.3, 0.4) is 0 Å². The van der Waals surface area contributed by atoms with Gasteiger partial charge in [0.2, 0.25) is 0 Å². The highest BCUT2D eigenvalue weighted by atomic mass is 32.1. The number of rotatable bonds is 6. The van der Waals surface area contributed by atoms with Crippen LogP contribution in [0.2, 0.25) is 0 Å². The summed E-state index contributed by atoms with van der Waals surface area (Å²) in [7, 11) is 1.72. The molecule has 0 radical (unpaired) electrons. The maximum absolute atomic E-state index is 5.72. The Morgan fingerprint density at radius 2 is 1.90 bits per heavy atom. The van der Waals surface area contributed by atoms with Gasteiger partial charge in [-0.1, -0.05) is 12.1 Å². The van der Waals surface area contributed by atoms with Gasteiger partial charge in [0.25, 0.3) is 0 Å². The fraction of sp³-hybridized carbons (Fsp3) is 0.348. The summed E-state index contributed by atoms with van der Waals surface area (Å²) in [4.78, 5) is 11.5. The van der Waals surface area contributed by atoms with E-state index in [9.17, 15) is 0 Å². The maximum Gasteiger partial charge on any atom is 0.170 e. The number of ether oxygens (including phenoxy) is 1. The normalized spacial score (nSPS) is 18.7. The third kappa shape index (κ3) is 3.59. The maximum atomic E-state index is 5.72. The van der Waals surface area contributed by atoms with Gasteiger partial charge in [-0.25, -0.2) is 4.98 Å². The minimum Gasteiger partial charge on any atom is -0.383 e. The van der Waals surface area contributed by atoms with Gasteiger partial charge in [0.05, 0.1) is 24.4 Å². The molecule has 1 N–H and O–H groups in total. The van der Waals surface area contributed by atoms with E-state index in [0.717, 1.165) is 33.6 Å². The minimum atomic E-state index is -0.0330. The van der Waals surface area contributed by atoms with Crippen molar-refractivity contribution in [3.8, 4) is 5.82 Å². The number of hydrogen-bond donors (Lipinski definition) is 1. The Balaban J connectivity index is 1.83. The van der Waals surface area contributed by atoms with E-state index >= 15 is 0 Å². The fourth-order valence-electron chi connectivity index (χ4n) is 4.30. The molecule has 0 bridgehead atoms. The second-order valence-corrected chi connectivity index (χ2v) is 8.01. The molecule has 1 saturated heterocycles. The Hall–Kier alpha value is -2.77. The van der Waals surface area contributed by atoms with Crippen LogP contribution in [0.25, 0.3) is 5.82 Å². The molecule has 1 fully saturated rings. The van der Waals surface area contributed by atoms with Crippen molar-refractivity contribution in [2.45, 2.75) is 32.9 Å². The van der Waals surface area contributed by atoms with Crippen LogP contribution < -0.4 is 5.32 Å². The van der Waals surface area contributed by atoms with Crippen molar-refractivity contribution in [3.63, 3.8) is 0 Å². The monoisotopic (exact) mass is 421 g/mol. The molecular weight excluding hydrogens is 394 g/mol. The van der Waals surface area contributed by atoms with Gasteiger partial charge in [-0.15, -0.1) is 0 Å². The van der Waals surface area contributed by atoms with Crippen LogP contribution >= 0.6 is 12.2 Å². The molecule has 0 saturated carbocycles. The standard InChI is InChI=1S/C23H27N5OS/c1-15-8-7-11-25-22(15)28-16(2)14-18(17(28)3)21-20(19-9-5-6-10-24-19)26-23(30)27(21)12-13-29-4/h5-11,14,20-21H,12-13H2,1-4H3,(H,26,30). The van der Waals surface area contributed by atoms with E-state index in [1.165, 1.54) is 5.56 Å². The molecule has 4 heterocycles. The smallest absolute Gasteiger partial charge is 0.170 e. The lowest BCUT2D eigenvalue weighted by atomic mass is 9.97. The predicted molar refractivity (Wildman–Crippen MR) is 122 cm³/mol. The number of aryl methyl sites for hydroxylation is 2. The van der Waals surface area contributed by atoms with Gasteiger partial charge in [-0.2, -0.15) is 0 Å². The summed E-state index contributed by atoms with van der Waals surface area (Å²) in [6.45, 7) is 7.69. The lowest BCUT2D eigenvalue weighted by molar-refractivity contribution is 0.164. The molecule has 0 amide bonds. The molecule has 0 aliphatic carbocycles. The Morgan fingerprint density at radius 3 is 2.60 bits per heavy atom. The van der Waals surface area contributed by atoms with Crippen LogP contribution in [0.1, 0.15) is 40.3 Å². The summed E-state index contributed by atoms with van der Waals surface area (Å²) in [6, 6.07) is 12.3. The largest absolute Gasteiger partial charge is 0.383 e. The van der Waals surface area contributed by atoms with E-state index in [-0.39, 0.29) is 12.1 Å². The van der Waals surface area contributed by atoms with Crippen molar-refractivity contribution >= 4 is 17.3 Å². The molecule has 6 nitrogen and oxygen atoms in total. The molecule has 1 aliphatic rings. The number of aromatic nitrogens is 3. The molecular formula is C23H27N5OS. The first-order valence-corrected chi connectivity index (χ1v) is 10.5. The Morgan fingerprint density at radius 1 is 1.10 bits per heavy atom. The van der Waals surface area contributed by atoms with Crippen molar-refractivity contribution in [2.75, 3.05) is 20.3 Å². The second kappa shape index (κ2) is 8.53.